The molecule has 0 saturated carbocycles. The third-order valence-electron chi connectivity index (χ3n) is 3.54. The highest BCUT2D eigenvalue weighted by Gasteiger charge is 2.07. The predicted molar refractivity (Wildman–Crippen MR) is 83.2 cm³/mol. The fraction of sp³-hybridized carbons (Fsp3) is 0.333. The minimum atomic E-state index is 0.335. The van der Waals surface area contributed by atoms with Gasteiger partial charge in [-0.3, -0.25) is 0 Å². The molecule has 2 N–H and O–H groups in total. The zero-order valence-electron chi connectivity index (χ0n) is 12.2. The van der Waals surface area contributed by atoms with Gasteiger partial charge in [0.2, 0.25) is 0 Å². The summed E-state index contributed by atoms with van der Waals surface area (Å²) in [6, 6.07) is 11.5. The zero-order chi connectivity index (χ0) is 14.5. The highest BCUT2D eigenvalue weighted by atomic mass is 16.3. The van der Waals surface area contributed by atoms with Gasteiger partial charge in [-0.2, -0.15) is 0 Å². The van der Waals surface area contributed by atoms with Gasteiger partial charge in [0.1, 0.15) is 11.5 Å². The Hall–Kier alpha value is -1.96. The first kappa shape index (κ1) is 14.4. The average molecular weight is 270 g/mol. The Morgan fingerprint density at radius 1 is 0.700 bits per heavy atom. The van der Waals surface area contributed by atoms with Gasteiger partial charge in [-0.25, -0.2) is 0 Å². The van der Waals surface area contributed by atoms with Crippen molar-refractivity contribution < 1.29 is 10.2 Å². The van der Waals surface area contributed by atoms with Crippen molar-refractivity contribution in [3.05, 3.63) is 47.5 Å². The van der Waals surface area contributed by atoms with Gasteiger partial charge in [0.15, 0.2) is 0 Å². The number of rotatable bonds is 5. The van der Waals surface area contributed by atoms with E-state index in [1.165, 1.54) is 0 Å². The Morgan fingerprint density at radius 2 is 1.10 bits per heavy atom. The lowest BCUT2D eigenvalue weighted by molar-refractivity contribution is 0.466. The van der Waals surface area contributed by atoms with Crippen LogP contribution in [-0.4, -0.2) is 10.2 Å². The quantitative estimate of drug-likeness (QED) is 0.828. The second-order valence-corrected chi connectivity index (χ2v) is 5.19. The highest BCUT2D eigenvalue weighted by Crippen LogP contribution is 2.31. The van der Waals surface area contributed by atoms with E-state index >= 15 is 0 Å². The van der Waals surface area contributed by atoms with Crippen molar-refractivity contribution in [1.82, 2.24) is 0 Å². The van der Waals surface area contributed by atoms with Crippen LogP contribution in [0.15, 0.2) is 36.4 Å². The molecule has 2 heteroatoms. The molecule has 0 fully saturated rings. The van der Waals surface area contributed by atoms with Crippen LogP contribution in [0.3, 0.4) is 0 Å². The summed E-state index contributed by atoms with van der Waals surface area (Å²) in [7, 11) is 0. The van der Waals surface area contributed by atoms with E-state index in [1.807, 2.05) is 24.3 Å². The van der Waals surface area contributed by atoms with Crippen molar-refractivity contribution in [2.45, 2.75) is 39.5 Å². The highest BCUT2D eigenvalue weighted by molar-refractivity contribution is 5.68. The summed E-state index contributed by atoms with van der Waals surface area (Å²) in [5.41, 5.74) is 3.81. The molecule has 0 aliphatic carbocycles. The number of aromatic hydroxyl groups is 2. The lowest BCUT2D eigenvalue weighted by atomic mass is 9.99. The van der Waals surface area contributed by atoms with E-state index in [0.717, 1.165) is 47.9 Å². The van der Waals surface area contributed by atoms with Crippen LogP contribution in [-0.2, 0) is 12.8 Å². The van der Waals surface area contributed by atoms with Gasteiger partial charge >= 0.3 is 0 Å². The van der Waals surface area contributed by atoms with Crippen molar-refractivity contribution in [1.29, 1.82) is 0 Å². The molecule has 0 heterocycles. The standard InChI is InChI=1S/C18H22O2/c1-3-5-13-7-9-15(11-17(13)19)16-10-8-14(6-4-2)18(20)12-16/h7-12,19-20H,3-6H2,1-2H3. The van der Waals surface area contributed by atoms with Crippen molar-refractivity contribution in [3.8, 4) is 22.6 Å². The van der Waals surface area contributed by atoms with Crippen LogP contribution in [0.5, 0.6) is 11.5 Å². The molecule has 0 amide bonds. The van der Waals surface area contributed by atoms with E-state index in [0.29, 0.717) is 11.5 Å². The number of hydrogen-bond donors (Lipinski definition) is 2. The SMILES string of the molecule is CCCc1ccc(-c2ccc(CCC)c(O)c2)cc1O. The molecule has 2 rings (SSSR count). The topological polar surface area (TPSA) is 40.5 Å². The molecule has 0 aliphatic heterocycles. The van der Waals surface area contributed by atoms with Crippen LogP contribution >= 0.6 is 0 Å². The van der Waals surface area contributed by atoms with Crippen LogP contribution in [0, 0.1) is 0 Å². The molecule has 0 aromatic heterocycles. The summed E-state index contributed by atoms with van der Waals surface area (Å²) in [6.45, 7) is 4.19. The molecule has 2 aromatic carbocycles. The van der Waals surface area contributed by atoms with Crippen LogP contribution in [0.2, 0.25) is 0 Å². The van der Waals surface area contributed by atoms with Crippen molar-refractivity contribution >= 4 is 0 Å². The van der Waals surface area contributed by atoms with E-state index in [1.54, 1.807) is 12.1 Å². The van der Waals surface area contributed by atoms with Gasteiger partial charge in [0, 0.05) is 0 Å². The first-order chi connectivity index (χ1) is 9.65. The van der Waals surface area contributed by atoms with Crippen molar-refractivity contribution in [2.24, 2.45) is 0 Å². The maximum atomic E-state index is 10.0. The van der Waals surface area contributed by atoms with Gasteiger partial charge in [-0.1, -0.05) is 51.0 Å². The van der Waals surface area contributed by atoms with Gasteiger partial charge in [0.25, 0.3) is 0 Å². The van der Waals surface area contributed by atoms with Gasteiger partial charge in [0.05, 0.1) is 0 Å². The smallest absolute Gasteiger partial charge is 0.119 e. The summed E-state index contributed by atoms with van der Waals surface area (Å²) in [4.78, 5) is 0. The molecule has 2 nitrogen and oxygen atoms in total. The lowest BCUT2D eigenvalue weighted by Gasteiger charge is -2.09. The van der Waals surface area contributed by atoms with Crippen molar-refractivity contribution in [2.75, 3.05) is 0 Å². The first-order valence-corrected chi connectivity index (χ1v) is 7.29. The Balaban J connectivity index is 2.32. The first-order valence-electron chi connectivity index (χ1n) is 7.29. The van der Waals surface area contributed by atoms with E-state index in [4.69, 9.17) is 0 Å². The number of benzene rings is 2. The number of aryl methyl sites for hydroxylation is 2. The summed E-state index contributed by atoms with van der Waals surface area (Å²) in [5, 5.41) is 20.1. The Labute approximate surface area is 120 Å². The van der Waals surface area contributed by atoms with E-state index in [9.17, 15) is 10.2 Å². The largest absolute Gasteiger partial charge is 0.508 e. The lowest BCUT2D eigenvalue weighted by Crippen LogP contribution is -1.88. The molecule has 2 aromatic rings. The summed E-state index contributed by atoms with van der Waals surface area (Å²) >= 11 is 0. The molecule has 0 unspecified atom stereocenters. The van der Waals surface area contributed by atoms with Crippen LogP contribution in [0.4, 0.5) is 0 Å². The molecule has 0 bridgehead atoms. The molecule has 106 valence electrons. The van der Waals surface area contributed by atoms with Crippen LogP contribution < -0.4 is 0 Å². The molecule has 0 radical (unpaired) electrons. The van der Waals surface area contributed by atoms with Gasteiger partial charge in [-0.15, -0.1) is 0 Å². The second-order valence-electron chi connectivity index (χ2n) is 5.19. The summed E-state index contributed by atoms with van der Waals surface area (Å²) < 4.78 is 0. The minimum absolute atomic E-state index is 0.335. The number of hydrogen-bond acceptors (Lipinski definition) is 2. The van der Waals surface area contributed by atoms with Crippen LogP contribution in [0.25, 0.3) is 11.1 Å². The Kier molecular flexibility index (Phi) is 4.67. The van der Waals surface area contributed by atoms with Crippen LogP contribution in [0.1, 0.15) is 37.8 Å². The van der Waals surface area contributed by atoms with E-state index in [2.05, 4.69) is 13.8 Å². The van der Waals surface area contributed by atoms with Gasteiger partial charge < -0.3 is 10.2 Å². The molecular weight excluding hydrogens is 248 g/mol. The molecule has 20 heavy (non-hydrogen) atoms. The molecule has 0 atom stereocenters. The molecule has 0 aliphatic rings. The summed E-state index contributed by atoms with van der Waals surface area (Å²) in [5.74, 6) is 0.669. The second kappa shape index (κ2) is 6.47. The Morgan fingerprint density at radius 3 is 1.40 bits per heavy atom. The van der Waals surface area contributed by atoms with Gasteiger partial charge in [-0.05, 0) is 47.2 Å². The fourth-order valence-corrected chi connectivity index (χ4v) is 2.45. The van der Waals surface area contributed by atoms with Crippen molar-refractivity contribution in [3.63, 3.8) is 0 Å². The normalized spacial score (nSPS) is 10.7. The average Bonchev–Trinajstić information content (AvgIpc) is 2.44. The predicted octanol–water partition coefficient (Wildman–Crippen LogP) is 4.67. The number of phenols is 2. The number of phenolic OH excluding ortho intramolecular Hbond substituents is 2. The molecular formula is C18H22O2. The monoisotopic (exact) mass is 270 g/mol. The maximum absolute atomic E-state index is 10.0. The third kappa shape index (κ3) is 3.13. The maximum Gasteiger partial charge on any atom is 0.119 e. The fourth-order valence-electron chi connectivity index (χ4n) is 2.45. The summed E-state index contributed by atoms with van der Waals surface area (Å²) in [6.07, 6.45) is 3.79. The minimum Gasteiger partial charge on any atom is -0.508 e. The molecule has 0 saturated heterocycles. The van der Waals surface area contributed by atoms with E-state index in [-0.39, 0.29) is 0 Å². The molecule has 0 spiro atoms. The zero-order valence-corrected chi connectivity index (χ0v) is 12.2. The Bertz CT molecular complexity index is 534. The third-order valence-corrected chi connectivity index (χ3v) is 3.54. The van der Waals surface area contributed by atoms with E-state index < -0.39 is 0 Å².